The van der Waals surface area contributed by atoms with Crippen LogP contribution >= 0.6 is 0 Å². The molecule has 0 heterocycles. The SMILES string of the molecule is COc1ccccc1N(C)Cc1ccc([N+](=O)[O-])c(F)c1. The van der Waals surface area contributed by atoms with Gasteiger partial charge in [0.1, 0.15) is 5.75 Å². The van der Waals surface area contributed by atoms with Crippen molar-refractivity contribution < 1.29 is 14.1 Å². The number of para-hydroxylation sites is 2. The molecule has 0 N–H and O–H groups in total. The van der Waals surface area contributed by atoms with Gasteiger partial charge in [-0.05, 0) is 23.8 Å². The van der Waals surface area contributed by atoms with E-state index in [1.165, 1.54) is 12.1 Å². The van der Waals surface area contributed by atoms with Crippen molar-refractivity contribution in [2.75, 3.05) is 19.1 Å². The van der Waals surface area contributed by atoms with E-state index in [0.717, 1.165) is 5.69 Å². The maximum absolute atomic E-state index is 13.6. The summed E-state index contributed by atoms with van der Waals surface area (Å²) in [6, 6.07) is 11.4. The number of nitro groups is 1. The van der Waals surface area contributed by atoms with Crippen molar-refractivity contribution in [1.82, 2.24) is 0 Å². The van der Waals surface area contributed by atoms with Gasteiger partial charge in [0, 0.05) is 19.7 Å². The first-order valence-corrected chi connectivity index (χ1v) is 6.30. The van der Waals surface area contributed by atoms with E-state index < -0.39 is 16.4 Å². The average Bonchev–Trinajstić information content (AvgIpc) is 2.46. The molecule has 0 aliphatic carbocycles. The van der Waals surface area contributed by atoms with Gasteiger partial charge >= 0.3 is 5.69 Å². The first-order chi connectivity index (χ1) is 10.0. The van der Waals surface area contributed by atoms with Crippen molar-refractivity contribution in [2.24, 2.45) is 0 Å². The van der Waals surface area contributed by atoms with Crippen molar-refractivity contribution in [1.29, 1.82) is 0 Å². The van der Waals surface area contributed by atoms with E-state index in [4.69, 9.17) is 4.74 Å². The van der Waals surface area contributed by atoms with Gasteiger partial charge in [0.2, 0.25) is 5.82 Å². The number of halogens is 1. The van der Waals surface area contributed by atoms with Gasteiger partial charge in [0.15, 0.2) is 0 Å². The molecule has 2 aromatic carbocycles. The fourth-order valence-electron chi connectivity index (χ4n) is 2.10. The number of hydrogen-bond donors (Lipinski definition) is 0. The van der Waals surface area contributed by atoms with E-state index in [9.17, 15) is 14.5 Å². The Balaban J connectivity index is 2.21. The minimum atomic E-state index is -0.828. The monoisotopic (exact) mass is 290 g/mol. The lowest BCUT2D eigenvalue weighted by atomic mass is 10.1. The summed E-state index contributed by atoms with van der Waals surface area (Å²) in [6.07, 6.45) is 0. The molecule has 0 radical (unpaired) electrons. The third kappa shape index (κ3) is 3.28. The fourth-order valence-corrected chi connectivity index (χ4v) is 2.10. The highest BCUT2D eigenvalue weighted by atomic mass is 19.1. The predicted octanol–water partition coefficient (Wildman–Crippen LogP) is 3.38. The van der Waals surface area contributed by atoms with E-state index >= 15 is 0 Å². The van der Waals surface area contributed by atoms with E-state index in [-0.39, 0.29) is 0 Å². The normalized spacial score (nSPS) is 10.2. The summed E-state index contributed by atoms with van der Waals surface area (Å²) in [5.74, 6) is -0.117. The molecule has 0 spiro atoms. The molecule has 0 atom stereocenters. The molecule has 110 valence electrons. The molecule has 0 aliphatic rings. The van der Waals surface area contributed by atoms with Gasteiger partial charge < -0.3 is 9.64 Å². The van der Waals surface area contributed by atoms with Crippen LogP contribution in [-0.2, 0) is 6.54 Å². The van der Waals surface area contributed by atoms with Crippen LogP contribution in [0.2, 0.25) is 0 Å². The summed E-state index contributed by atoms with van der Waals surface area (Å²) < 4.78 is 18.9. The number of hydrogen-bond acceptors (Lipinski definition) is 4. The van der Waals surface area contributed by atoms with Crippen molar-refractivity contribution in [3.8, 4) is 5.75 Å². The number of ether oxygens (including phenoxy) is 1. The standard InChI is InChI=1S/C15H15FN2O3/c1-17(14-5-3-4-6-15(14)21-2)10-11-7-8-13(18(19)20)12(16)9-11/h3-9H,10H2,1-2H3. The molecule has 0 amide bonds. The molecule has 0 bridgehead atoms. The Morgan fingerprint density at radius 3 is 2.62 bits per heavy atom. The fraction of sp³-hybridized carbons (Fsp3) is 0.200. The van der Waals surface area contributed by atoms with E-state index in [1.54, 1.807) is 13.2 Å². The van der Waals surface area contributed by atoms with Crippen LogP contribution in [0.3, 0.4) is 0 Å². The molecule has 0 aromatic heterocycles. The number of nitro benzene ring substituents is 1. The minimum Gasteiger partial charge on any atom is -0.495 e. The van der Waals surface area contributed by atoms with Gasteiger partial charge in [-0.2, -0.15) is 4.39 Å². The lowest BCUT2D eigenvalue weighted by Crippen LogP contribution is -2.17. The number of methoxy groups -OCH3 is 1. The lowest BCUT2D eigenvalue weighted by molar-refractivity contribution is -0.387. The quantitative estimate of drug-likeness (QED) is 0.625. The highest BCUT2D eigenvalue weighted by Gasteiger charge is 2.15. The lowest BCUT2D eigenvalue weighted by Gasteiger charge is -2.21. The number of anilines is 1. The molecule has 6 heteroatoms. The maximum Gasteiger partial charge on any atom is 0.304 e. The molecule has 0 aliphatic heterocycles. The second-order valence-electron chi connectivity index (χ2n) is 4.57. The Morgan fingerprint density at radius 1 is 1.29 bits per heavy atom. The highest BCUT2D eigenvalue weighted by molar-refractivity contribution is 5.58. The molecule has 5 nitrogen and oxygen atoms in total. The van der Waals surface area contributed by atoms with Crippen LogP contribution in [-0.4, -0.2) is 19.1 Å². The zero-order valence-corrected chi connectivity index (χ0v) is 11.7. The van der Waals surface area contributed by atoms with Crippen molar-refractivity contribution in [3.63, 3.8) is 0 Å². The average molecular weight is 290 g/mol. The largest absolute Gasteiger partial charge is 0.495 e. The Kier molecular flexibility index (Phi) is 4.37. The van der Waals surface area contributed by atoms with Crippen LogP contribution in [0.5, 0.6) is 5.75 Å². The van der Waals surface area contributed by atoms with E-state index in [1.807, 2.05) is 36.2 Å². The van der Waals surface area contributed by atoms with E-state index in [2.05, 4.69) is 0 Å². The zero-order chi connectivity index (χ0) is 15.4. The predicted molar refractivity (Wildman–Crippen MR) is 78.2 cm³/mol. The molecule has 0 saturated heterocycles. The molecular weight excluding hydrogens is 275 g/mol. The minimum absolute atomic E-state index is 0.412. The molecular formula is C15H15FN2O3. The summed E-state index contributed by atoms with van der Waals surface area (Å²) >= 11 is 0. The molecule has 21 heavy (non-hydrogen) atoms. The Morgan fingerprint density at radius 2 is 2.00 bits per heavy atom. The van der Waals surface area contributed by atoms with Crippen LogP contribution < -0.4 is 9.64 Å². The number of rotatable bonds is 5. The molecule has 0 saturated carbocycles. The molecule has 2 aromatic rings. The summed E-state index contributed by atoms with van der Waals surface area (Å²) in [4.78, 5) is 11.8. The summed E-state index contributed by atoms with van der Waals surface area (Å²) in [5.41, 5.74) is 0.990. The van der Waals surface area contributed by atoms with Crippen LogP contribution in [0.1, 0.15) is 5.56 Å². The van der Waals surface area contributed by atoms with Crippen LogP contribution in [0.4, 0.5) is 15.8 Å². The first-order valence-electron chi connectivity index (χ1n) is 6.30. The van der Waals surface area contributed by atoms with Gasteiger partial charge in [-0.1, -0.05) is 18.2 Å². The Hall–Kier alpha value is -2.63. The van der Waals surface area contributed by atoms with Crippen LogP contribution in [0.15, 0.2) is 42.5 Å². The second kappa shape index (κ2) is 6.21. The molecule has 2 rings (SSSR count). The van der Waals surface area contributed by atoms with Crippen LogP contribution in [0, 0.1) is 15.9 Å². The molecule has 0 fully saturated rings. The summed E-state index contributed by atoms with van der Waals surface area (Å²) in [5, 5.41) is 10.6. The first kappa shape index (κ1) is 14.8. The second-order valence-corrected chi connectivity index (χ2v) is 4.57. The molecule has 0 unspecified atom stereocenters. The topological polar surface area (TPSA) is 55.6 Å². The van der Waals surface area contributed by atoms with Gasteiger partial charge in [-0.15, -0.1) is 0 Å². The zero-order valence-electron chi connectivity index (χ0n) is 11.7. The van der Waals surface area contributed by atoms with Crippen molar-refractivity contribution in [2.45, 2.75) is 6.54 Å². The highest BCUT2D eigenvalue weighted by Crippen LogP contribution is 2.28. The summed E-state index contributed by atoms with van der Waals surface area (Å²) in [6.45, 7) is 0.412. The Labute approximate surface area is 121 Å². The van der Waals surface area contributed by atoms with Gasteiger partial charge in [-0.25, -0.2) is 0 Å². The third-order valence-electron chi connectivity index (χ3n) is 3.12. The van der Waals surface area contributed by atoms with Crippen molar-refractivity contribution >= 4 is 11.4 Å². The third-order valence-corrected chi connectivity index (χ3v) is 3.12. The van der Waals surface area contributed by atoms with E-state index in [0.29, 0.717) is 17.9 Å². The smallest absolute Gasteiger partial charge is 0.304 e. The van der Waals surface area contributed by atoms with Crippen LogP contribution in [0.25, 0.3) is 0 Å². The van der Waals surface area contributed by atoms with Gasteiger partial charge in [0.25, 0.3) is 0 Å². The van der Waals surface area contributed by atoms with Gasteiger partial charge in [0.05, 0.1) is 17.7 Å². The summed E-state index contributed by atoms with van der Waals surface area (Å²) in [7, 11) is 3.43. The maximum atomic E-state index is 13.6. The number of nitrogens with zero attached hydrogens (tertiary/aromatic N) is 2. The number of benzene rings is 2. The Bertz CT molecular complexity index is 661. The van der Waals surface area contributed by atoms with Crippen molar-refractivity contribution in [3.05, 3.63) is 64.0 Å². The van der Waals surface area contributed by atoms with Gasteiger partial charge in [-0.3, -0.25) is 10.1 Å².